The Morgan fingerprint density at radius 2 is 1.54 bits per heavy atom. The van der Waals surface area contributed by atoms with Gasteiger partial charge in [-0.3, -0.25) is 4.68 Å². The van der Waals surface area contributed by atoms with Crippen molar-refractivity contribution in [3.8, 4) is 0 Å². The predicted octanol–water partition coefficient (Wildman–Crippen LogP) is 5.17. The smallest absolute Gasteiger partial charge is 0.261 e. The zero-order chi connectivity index (χ0) is 20.2. The molecular weight excluding hydrogens is 428 g/mol. The number of rotatable bonds is 7. The average Bonchev–Trinajstić information content (AvgIpc) is 3.12. The highest BCUT2D eigenvalue weighted by atomic mass is 79.9. The molecule has 1 heterocycles. The van der Waals surface area contributed by atoms with Crippen LogP contribution in [0.15, 0.2) is 77.5 Å². The molecule has 0 bridgehead atoms. The molecular formula is C23H29BrN2OSi. The molecule has 0 saturated heterocycles. The first-order valence-corrected chi connectivity index (χ1v) is 12.5. The second-order valence-corrected chi connectivity index (χ2v) is 13.5. The molecule has 0 N–H and O–H groups in total. The standard InChI is InChI=1S/C23H29BrN2OSi/c1-19(26-18-20(24)17-25-26)15-16-27-28(23(2,3)4,21-11-7-5-8-12-21)22-13-9-6-10-14-22/h5-14,17-19H,15-16H2,1-4H3. The lowest BCUT2D eigenvalue weighted by atomic mass is 10.2. The first-order chi connectivity index (χ1) is 13.3. The first-order valence-electron chi connectivity index (χ1n) is 9.79. The van der Waals surface area contributed by atoms with Crippen LogP contribution in [0, 0.1) is 0 Å². The summed E-state index contributed by atoms with van der Waals surface area (Å²) in [6.07, 6.45) is 4.77. The molecule has 0 radical (unpaired) electrons. The second kappa shape index (κ2) is 8.76. The Bertz CT molecular complexity index is 835. The van der Waals surface area contributed by atoms with Gasteiger partial charge in [-0.05, 0) is 44.7 Å². The number of aromatic nitrogens is 2. The lowest BCUT2D eigenvalue weighted by Crippen LogP contribution is -2.66. The topological polar surface area (TPSA) is 27.1 Å². The molecule has 2 aromatic carbocycles. The third kappa shape index (κ3) is 4.32. The van der Waals surface area contributed by atoms with Gasteiger partial charge in [0.25, 0.3) is 8.32 Å². The van der Waals surface area contributed by atoms with Crippen LogP contribution in [0.1, 0.15) is 40.2 Å². The second-order valence-electron chi connectivity index (χ2n) is 8.29. The van der Waals surface area contributed by atoms with Gasteiger partial charge in [0.1, 0.15) is 0 Å². The molecule has 0 amide bonds. The van der Waals surface area contributed by atoms with E-state index in [2.05, 4.69) is 109 Å². The van der Waals surface area contributed by atoms with Gasteiger partial charge in [-0.2, -0.15) is 5.10 Å². The van der Waals surface area contributed by atoms with Crippen LogP contribution in [-0.2, 0) is 4.43 Å². The summed E-state index contributed by atoms with van der Waals surface area (Å²) in [5.41, 5.74) is 0. The van der Waals surface area contributed by atoms with Crippen LogP contribution in [0.4, 0.5) is 0 Å². The molecule has 1 unspecified atom stereocenters. The quantitative estimate of drug-likeness (QED) is 0.458. The molecule has 0 aliphatic rings. The first kappa shape index (κ1) is 21.0. The summed E-state index contributed by atoms with van der Waals surface area (Å²) in [6.45, 7) is 9.83. The van der Waals surface area contributed by atoms with E-state index in [0.717, 1.165) is 10.9 Å². The van der Waals surface area contributed by atoms with Crippen molar-refractivity contribution in [3.63, 3.8) is 0 Å². The predicted molar refractivity (Wildman–Crippen MR) is 123 cm³/mol. The maximum atomic E-state index is 6.95. The monoisotopic (exact) mass is 456 g/mol. The minimum absolute atomic E-state index is 0.00761. The van der Waals surface area contributed by atoms with Crippen molar-refractivity contribution in [2.45, 2.75) is 45.2 Å². The fourth-order valence-electron chi connectivity index (χ4n) is 3.83. The van der Waals surface area contributed by atoms with Crippen LogP contribution in [0.25, 0.3) is 0 Å². The number of hydrogen-bond acceptors (Lipinski definition) is 2. The van der Waals surface area contributed by atoms with E-state index in [1.165, 1.54) is 10.4 Å². The van der Waals surface area contributed by atoms with E-state index >= 15 is 0 Å². The van der Waals surface area contributed by atoms with E-state index in [0.29, 0.717) is 6.61 Å². The Morgan fingerprint density at radius 3 is 1.96 bits per heavy atom. The molecule has 5 heteroatoms. The molecule has 0 aliphatic carbocycles. The summed E-state index contributed by atoms with van der Waals surface area (Å²) in [6, 6.07) is 21.9. The van der Waals surface area contributed by atoms with Crippen molar-refractivity contribution in [1.82, 2.24) is 9.78 Å². The van der Waals surface area contributed by atoms with E-state index in [-0.39, 0.29) is 11.1 Å². The molecule has 3 nitrogen and oxygen atoms in total. The molecule has 3 rings (SSSR count). The molecule has 0 spiro atoms. The van der Waals surface area contributed by atoms with E-state index in [9.17, 15) is 0 Å². The normalized spacial score (nSPS) is 13.5. The number of hydrogen-bond donors (Lipinski definition) is 0. The van der Waals surface area contributed by atoms with Crippen molar-refractivity contribution in [1.29, 1.82) is 0 Å². The van der Waals surface area contributed by atoms with Gasteiger partial charge in [-0.15, -0.1) is 0 Å². The van der Waals surface area contributed by atoms with Crippen LogP contribution < -0.4 is 10.4 Å². The third-order valence-corrected chi connectivity index (χ3v) is 10.7. The average molecular weight is 457 g/mol. The van der Waals surface area contributed by atoms with Gasteiger partial charge in [0, 0.05) is 12.8 Å². The molecule has 1 atom stereocenters. The largest absolute Gasteiger partial charge is 0.407 e. The van der Waals surface area contributed by atoms with Gasteiger partial charge < -0.3 is 4.43 Å². The number of benzene rings is 2. The maximum absolute atomic E-state index is 6.95. The highest BCUT2D eigenvalue weighted by Gasteiger charge is 2.50. The van der Waals surface area contributed by atoms with Crippen molar-refractivity contribution < 1.29 is 4.43 Å². The Labute approximate surface area is 178 Å². The zero-order valence-corrected chi connectivity index (χ0v) is 19.7. The van der Waals surface area contributed by atoms with Gasteiger partial charge in [0.05, 0.1) is 16.7 Å². The van der Waals surface area contributed by atoms with Gasteiger partial charge >= 0.3 is 0 Å². The van der Waals surface area contributed by atoms with Crippen LogP contribution in [0.3, 0.4) is 0 Å². The van der Waals surface area contributed by atoms with E-state index in [1.807, 2.05) is 17.1 Å². The molecule has 3 aromatic rings. The molecule has 1 aromatic heterocycles. The van der Waals surface area contributed by atoms with Crippen molar-refractivity contribution in [3.05, 3.63) is 77.5 Å². The SMILES string of the molecule is CC(CCO[Si](c1ccccc1)(c1ccccc1)C(C)(C)C)n1cc(Br)cn1. The minimum Gasteiger partial charge on any atom is -0.407 e. The van der Waals surface area contributed by atoms with Gasteiger partial charge in [0.2, 0.25) is 0 Å². The fourth-order valence-corrected chi connectivity index (χ4v) is 8.71. The summed E-state index contributed by atoms with van der Waals surface area (Å²) >= 11 is 3.48. The van der Waals surface area contributed by atoms with E-state index in [1.54, 1.807) is 0 Å². The lowest BCUT2D eigenvalue weighted by molar-refractivity contribution is 0.263. The minimum atomic E-state index is -2.45. The van der Waals surface area contributed by atoms with Gasteiger partial charge in [0.15, 0.2) is 0 Å². The highest BCUT2D eigenvalue weighted by molar-refractivity contribution is 9.10. The Hall–Kier alpha value is -1.69. The van der Waals surface area contributed by atoms with Crippen molar-refractivity contribution in [2.75, 3.05) is 6.61 Å². The summed E-state index contributed by atoms with van der Waals surface area (Å²) in [7, 11) is -2.45. The van der Waals surface area contributed by atoms with Gasteiger partial charge in [-0.1, -0.05) is 81.4 Å². The molecule has 0 saturated carbocycles. The third-order valence-electron chi connectivity index (χ3n) is 5.29. The maximum Gasteiger partial charge on any atom is 0.261 e. The molecule has 28 heavy (non-hydrogen) atoms. The van der Waals surface area contributed by atoms with Crippen LogP contribution in [0.5, 0.6) is 0 Å². The summed E-state index contributed by atoms with van der Waals surface area (Å²) in [5, 5.41) is 7.07. The van der Waals surface area contributed by atoms with E-state index < -0.39 is 8.32 Å². The van der Waals surface area contributed by atoms with E-state index in [4.69, 9.17) is 4.43 Å². The molecule has 0 aliphatic heterocycles. The number of halogens is 1. The van der Waals surface area contributed by atoms with Crippen LogP contribution in [-0.4, -0.2) is 24.7 Å². The fraction of sp³-hybridized carbons (Fsp3) is 0.348. The lowest BCUT2D eigenvalue weighted by Gasteiger charge is -2.43. The van der Waals surface area contributed by atoms with Crippen LogP contribution >= 0.6 is 15.9 Å². The molecule has 148 valence electrons. The number of nitrogens with zero attached hydrogens (tertiary/aromatic N) is 2. The Balaban J connectivity index is 1.92. The zero-order valence-electron chi connectivity index (χ0n) is 17.1. The molecule has 0 fully saturated rings. The van der Waals surface area contributed by atoms with Gasteiger partial charge in [-0.25, -0.2) is 0 Å². The summed E-state index contributed by atoms with van der Waals surface area (Å²) < 4.78 is 9.96. The Morgan fingerprint density at radius 1 is 1.00 bits per heavy atom. The Kier molecular flexibility index (Phi) is 6.58. The van der Waals surface area contributed by atoms with Crippen LogP contribution in [0.2, 0.25) is 5.04 Å². The van der Waals surface area contributed by atoms with Crippen molar-refractivity contribution in [2.24, 2.45) is 0 Å². The van der Waals surface area contributed by atoms with Crippen molar-refractivity contribution >= 4 is 34.6 Å². The highest BCUT2D eigenvalue weighted by Crippen LogP contribution is 2.37. The summed E-state index contributed by atoms with van der Waals surface area (Å²) in [5.74, 6) is 0. The summed E-state index contributed by atoms with van der Waals surface area (Å²) in [4.78, 5) is 0.